The number of nitrogens with zero attached hydrogens (tertiary/aromatic N) is 7. The maximum atomic E-state index is 6.08. The lowest BCUT2D eigenvalue weighted by molar-refractivity contribution is 0.148. The summed E-state index contributed by atoms with van der Waals surface area (Å²) in [5.41, 5.74) is 6.64. The minimum absolute atomic E-state index is 0.458. The zero-order valence-electron chi connectivity index (χ0n) is 22.1. The van der Waals surface area contributed by atoms with Crippen LogP contribution in [0, 0.1) is 6.92 Å². The van der Waals surface area contributed by atoms with Gasteiger partial charge in [0.15, 0.2) is 0 Å². The molecule has 0 spiro atoms. The van der Waals surface area contributed by atoms with Crippen molar-refractivity contribution in [3.8, 4) is 34.2 Å². The molecule has 0 saturated carbocycles. The number of aryl methyl sites for hydroxylation is 1. The maximum Gasteiger partial charge on any atom is 0.248 e. The van der Waals surface area contributed by atoms with E-state index in [2.05, 4.69) is 71.6 Å². The number of hydrogen-bond donors (Lipinski definition) is 1. The molecule has 0 unspecified atom stereocenters. The molecule has 1 fully saturated rings. The van der Waals surface area contributed by atoms with Gasteiger partial charge in [-0.25, -0.2) is 9.97 Å². The third kappa shape index (κ3) is 5.84. The molecule has 39 heavy (non-hydrogen) atoms. The lowest BCUT2D eigenvalue weighted by Crippen LogP contribution is -2.43. The van der Waals surface area contributed by atoms with Gasteiger partial charge in [-0.05, 0) is 67.6 Å². The maximum absolute atomic E-state index is 6.08. The minimum Gasteiger partial charge on any atom is -0.416 e. The number of anilines is 2. The Balaban J connectivity index is 1.17. The van der Waals surface area contributed by atoms with E-state index < -0.39 is 0 Å². The second-order valence-corrected chi connectivity index (χ2v) is 9.85. The number of likely N-dealkylation sites (N-methyl/N-ethyl adjacent to an activating group) is 1. The molecule has 3 aromatic heterocycles. The van der Waals surface area contributed by atoms with Gasteiger partial charge in [-0.15, -0.1) is 10.2 Å². The molecule has 5 aromatic rings. The van der Waals surface area contributed by atoms with Crippen molar-refractivity contribution < 1.29 is 4.42 Å². The van der Waals surface area contributed by atoms with Crippen molar-refractivity contribution in [2.75, 3.05) is 38.5 Å². The van der Waals surface area contributed by atoms with Gasteiger partial charge < -0.3 is 14.6 Å². The van der Waals surface area contributed by atoms with Crippen LogP contribution in [-0.2, 0) is 6.54 Å². The summed E-state index contributed by atoms with van der Waals surface area (Å²) in [6, 6.07) is 20.1. The predicted molar refractivity (Wildman–Crippen MR) is 151 cm³/mol. The van der Waals surface area contributed by atoms with E-state index in [0.29, 0.717) is 17.7 Å². The Hall–Kier alpha value is -4.47. The number of aromatic nitrogens is 5. The number of hydrogen-bond acceptors (Lipinski definition) is 9. The highest BCUT2D eigenvalue weighted by molar-refractivity contribution is 5.69. The summed E-state index contributed by atoms with van der Waals surface area (Å²) >= 11 is 0. The average molecular weight is 519 g/mol. The van der Waals surface area contributed by atoms with Crippen molar-refractivity contribution in [3.63, 3.8) is 0 Å². The zero-order chi connectivity index (χ0) is 26.6. The van der Waals surface area contributed by atoms with Crippen molar-refractivity contribution in [1.29, 1.82) is 0 Å². The fraction of sp³-hybridized carbons (Fsp3) is 0.233. The summed E-state index contributed by atoms with van der Waals surface area (Å²) in [6.45, 7) is 7.41. The van der Waals surface area contributed by atoms with Crippen LogP contribution in [-0.4, -0.2) is 68.2 Å². The van der Waals surface area contributed by atoms with Crippen molar-refractivity contribution in [1.82, 2.24) is 34.9 Å². The van der Waals surface area contributed by atoms with Gasteiger partial charge in [-0.1, -0.05) is 18.2 Å². The summed E-state index contributed by atoms with van der Waals surface area (Å²) in [4.78, 5) is 18.1. The molecule has 9 nitrogen and oxygen atoms in total. The molecule has 1 aliphatic heterocycles. The van der Waals surface area contributed by atoms with Gasteiger partial charge in [0.1, 0.15) is 0 Å². The van der Waals surface area contributed by atoms with E-state index in [1.54, 1.807) is 18.6 Å². The van der Waals surface area contributed by atoms with E-state index in [1.165, 1.54) is 5.56 Å². The monoisotopic (exact) mass is 518 g/mol. The molecule has 0 aliphatic carbocycles. The molecular formula is C30H30N8O. The SMILES string of the molecule is Cc1ccc(-c2nnc(-c3ccc(CN4CCN(C)CC4)cc3)o2)cc1Nc1nccc(-c2cccnc2)n1. The van der Waals surface area contributed by atoms with E-state index in [4.69, 9.17) is 4.42 Å². The van der Waals surface area contributed by atoms with E-state index in [9.17, 15) is 0 Å². The van der Waals surface area contributed by atoms with Crippen LogP contribution in [0.5, 0.6) is 0 Å². The lowest BCUT2D eigenvalue weighted by Gasteiger charge is -2.32. The van der Waals surface area contributed by atoms with Gasteiger partial charge in [0.05, 0.1) is 5.69 Å². The van der Waals surface area contributed by atoms with Gasteiger partial charge in [0, 0.05) is 73.7 Å². The Kier molecular flexibility index (Phi) is 7.07. The summed E-state index contributed by atoms with van der Waals surface area (Å²) in [7, 11) is 2.18. The zero-order valence-corrected chi connectivity index (χ0v) is 22.1. The molecule has 1 saturated heterocycles. The van der Waals surface area contributed by atoms with Gasteiger partial charge in [-0.3, -0.25) is 9.88 Å². The van der Waals surface area contributed by atoms with E-state index in [1.807, 2.05) is 43.3 Å². The highest BCUT2D eigenvalue weighted by Gasteiger charge is 2.15. The standard InChI is InChI=1S/C30H30N8O/c1-21-5-8-24(18-27(21)34-30-32-13-11-26(33-30)25-4-3-12-31-19-25)29-36-35-28(39-29)23-9-6-22(7-10-23)20-38-16-14-37(2)15-17-38/h3-13,18-19H,14-17,20H2,1-2H3,(H,32,33,34). The van der Waals surface area contributed by atoms with E-state index in [0.717, 1.165) is 66.4 Å². The molecule has 1 N–H and O–H groups in total. The Labute approximate surface area is 227 Å². The second kappa shape index (κ2) is 11.1. The quantitative estimate of drug-likeness (QED) is 0.317. The number of piperazine rings is 1. The summed E-state index contributed by atoms with van der Waals surface area (Å²) < 4.78 is 6.08. The van der Waals surface area contributed by atoms with Crippen LogP contribution in [0.1, 0.15) is 11.1 Å². The first kappa shape index (κ1) is 24.8. The molecular weight excluding hydrogens is 488 g/mol. The number of nitrogens with one attached hydrogen (secondary N) is 1. The third-order valence-corrected chi connectivity index (χ3v) is 6.97. The molecule has 0 atom stereocenters. The summed E-state index contributed by atoms with van der Waals surface area (Å²) in [5, 5.41) is 12.0. The first-order valence-electron chi connectivity index (χ1n) is 13.1. The number of pyridine rings is 1. The minimum atomic E-state index is 0.458. The largest absolute Gasteiger partial charge is 0.416 e. The first-order valence-corrected chi connectivity index (χ1v) is 13.1. The molecule has 6 rings (SSSR count). The van der Waals surface area contributed by atoms with Crippen LogP contribution >= 0.6 is 0 Å². The van der Waals surface area contributed by atoms with Crippen molar-refractivity contribution in [2.24, 2.45) is 0 Å². The average Bonchev–Trinajstić information content (AvgIpc) is 3.47. The van der Waals surface area contributed by atoms with Crippen LogP contribution in [0.3, 0.4) is 0 Å². The molecule has 1 aliphatic rings. The van der Waals surface area contributed by atoms with E-state index in [-0.39, 0.29) is 0 Å². The summed E-state index contributed by atoms with van der Waals surface area (Å²) in [6.07, 6.45) is 5.26. The van der Waals surface area contributed by atoms with Crippen molar-refractivity contribution in [3.05, 3.63) is 90.4 Å². The lowest BCUT2D eigenvalue weighted by atomic mass is 10.1. The van der Waals surface area contributed by atoms with Crippen LogP contribution < -0.4 is 5.32 Å². The Bertz CT molecular complexity index is 1540. The molecule has 2 aromatic carbocycles. The smallest absolute Gasteiger partial charge is 0.248 e. The van der Waals surface area contributed by atoms with Crippen molar-refractivity contribution >= 4 is 11.6 Å². The van der Waals surface area contributed by atoms with Crippen LogP contribution in [0.25, 0.3) is 34.2 Å². The number of benzene rings is 2. The highest BCUT2D eigenvalue weighted by atomic mass is 16.4. The molecule has 0 radical (unpaired) electrons. The molecule has 0 bridgehead atoms. The predicted octanol–water partition coefficient (Wildman–Crippen LogP) is 5.06. The topological polar surface area (TPSA) is 96.1 Å². The highest BCUT2D eigenvalue weighted by Crippen LogP contribution is 2.29. The van der Waals surface area contributed by atoms with Gasteiger partial charge in [0.25, 0.3) is 0 Å². The normalized spacial score (nSPS) is 14.4. The van der Waals surface area contributed by atoms with E-state index >= 15 is 0 Å². The van der Waals surface area contributed by atoms with Crippen molar-refractivity contribution in [2.45, 2.75) is 13.5 Å². The van der Waals surface area contributed by atoms with Crippen LogP contribution in [0.15, 0.2) is 83.7 Å². The van der Waals surface area contributed by atoms with Gasteiger partial charge in [-0.2, -0.15) is 0 Å². The fourth-order valence-electron chi connectivity index (χ4n) is 4.58. The van der Waals surface area contributed by atoms with Gasteiger partial charge >= 0.3 is 0 Å². The molecule has 0 amide bonds. The third-order valence-electron chi connectivity index (χ3n) is 6.97. The fourth-order valence-corrected chi connectivity index (χ4v) is 4.58. The Morgan fingerprint density at radius 3 is 2.38 bits per heavy atom. The first-order chi connectivity index (χ1) is 19.1. The van der Waals surface area contributed by atoms with Crippen LogP contribution in [0.4, 0.5) is 11.6 Å². The Morgan fingerprint density at radius 2 is 1.62 bits per heavy atom. The Morgan fingerprint density at radius 1 is 0.846 bits per heavy atom. The molecule has 196 valence electrons. The molecule has 4 heterocycles. The second-order valence-electron chi connectivity index (χ2n) is 9.85. The molecule has 9 heteroatoms. The number of rotatable bonds is 7. The van der Waals surface area contributed by atoms with Crippen LogP contribution in [0.2, 0.25) is 0 Å². The van der Waals surface area contributed by atoms with Gasteiger partial charge in [0.2, 0.25) is 17.7 Å². The summed E-state index contributed by atoms with van der Waals surface area (Å²) in [5.74, 6) is 1.46.